The zero-order chi connectivity index (χ0) is 17.2. The maximum absolute atomic E-state index is 12.1. The monoisotopic (exact) mass is 331 g/mol. The van der Waals surface area contributed by atoms with E-state index in [-0.39, 0.29) is 18.4 Å². The third-order valence-electron chi connectivity index (χ3n) is 3.18. The van der Waals surface area contributed by atoms with E-state index in [9.17, 15) is 9.59 Å². The third-order valence-corrected chi connectivity index (χ3v) is 3.18. The van der Waals surface area contributed by atoms with Crippen molar-refractivity contribution in [3.05, 3.63) is 54.0 Å². The van der Waals surface area contributed by atoms with E-state index in [2.05, 4.69) is 16.0 Å². The van der Waals surface area contributed by atoms with Gasteiger partial charge in [0.15, 0.2) is 0 Å². The molecule has 0 saturated carbocycles. The molecule has 24 heavy (non-hydrogen) atoms. The summed E-state index contributed by atoms with van der Waals surface area (Å²) in [6, 6.07) is 10.3. The van der Waals surface area contributed by atoms with E-state index in [0.717, 1.165) is 0 Å². The first-order valence-electron chi connectivity index (χ1n) is 7.59. The van der Waals surface area contributed by atoms with Gasteiger partial charge in [-0.2, -0.15) is 0 Å². The topological polar surface area (TPSA) is 92.6 Å². The number of ether oxygens (including phenoxy) is 1. The molecule has 2 amide bonds. The molecule has 1 heterocycles. The van der Waals surface area contributed by atoms with Crippen LogP contribution in [-0.4, -0.2) is 38.6 Å². The van der Waals surface area contributed by atoms with Crippen LogP contribution in [0.1, 0.15) is 16.1 Å². The van der Waals surface area contributed by atoms with Gasteiger partial charge in [-0.3, -0.25) is 9.59 Å². The summed E-state index contributed by atoms with van der Waals surface area (Å²) in [5.41, 5.74) is 1.03. The minimum Gasteiger partial charge on any atom is -0.467 e. The highest BCUT2D eigenvalue weighted by Crippen LogP contribution is 2.11. The lowest BCUT2D eigenvalue weighted by Crippen LogP contribution is -2.30. The fourth-order valence-corrected chi connectivity index (χ4v) is 2.00. The molecule has 0 aliphatic carbocycles. The van der Waals surface area contributed by atoms with Crippen LogP contribution in [0.5, 0.6) is 0 Å². The average Bonchev–Trinajstić information content (AvgIpc) is 3.10. The van der Waals surface area contributed by atoms with Crippen LogP contribution in [0, 0.1) is 0 Å². The smallest absolute Gasteiger partial charge is 0.251 e. The van der Waals surface area contributed by atoms with E-state index in [0.29, 0.717) is 36.7 Å². The van der Waals surface area contributed by atoms with Crippen LogP contribution in [0.15, 0.2) is 47.1 Å². The second-order valence-electron chi connectivity index (χ2n) is 5.06. The van der Waals surface area contributed by atoms with Crippen LogP contribution in [0.3, 0.4) is 0 Å². The predicted molar refractivity (Wildman–Crippen MR) is 89.7 cm³/mol. The Morgan fingerprint density at radius 1 is 1.21 bits per heavy atom. The fraction of sp³-hybridized carbons (Fsp3) is 0.294. The van der Waals surface area contributed by atoms with E-state index < -0.39 is 0 Å². The largest absolute Gasteiger partial charge is 0.467 e. The fourth-order valence-electron chi connectivity index (χ4n) is 2.00. The highest BCUT2D eigenvalue weighted by Gasteiger charge is 2.08. The minimum absolute atomic E-state index is 0.179. The molecule has 0 fully saturated rings. The summed E-state index contributed by atoms with van der Waals surface area (Å²) in [4.78, 5) is 23.9. The van der Waals surface area contributed by atoms with Crippen molar-refractivity contribution in [3.8, 4) is 0 Å². The summed E-state index contributed by atoms with van der Waals surface area (Å²) in [5, 5.41) is 8.45. The molecule has 0 atom stereocenters. The molecular formula is C17H21N3O4. The first-order chi connectivity index (χ1) is 11.7. The number of amides is 2. The molecule has 2 aromatic rings. The summed E-state index contributed by atoms with van der Waals surface area (Å²) >= 11 is 0. The summed E-state index contributed by atoms with van der Waals surface area (Å²) in [5.74, 6) is 0.259. The molecule has 0 aliphatic rings. The number of methoxy groups -OCH3 is 1. The van der Waals surface area contributed by atoms with Crippen molar-refractivity contribution in [1.82, 2.24) is 10.6 Å². The van der Waals surface area contributed by atoms with Crippen molar-refractivity contribution in [2.45, 2.75) is 6.54 Å². The maximum atomic E-state index is 12.1. The van der Waals surface area contributed by atoms with Crippen LogP contribution >= 0.6 is 0 Å². The van der Waals surface area contributed by atoms with Crippen LogP contribution in [0.2, 0.25) is 0 Å². The second kappa shape index (κ2) is 9.49. The highest BCUT2D eigenvalue weighted by molar-refractivity contribution is 5.97. The van der Waals surface area contributed by atoms with Crippen LogP contribution in [-0.2, 0) is 16.1 Å². The number of anilines is 1. The van der Waals surface area contributed by atoms with Crippen molar-refractivity contribution in [2.24, 2.45) is 0 Å². The van der Waals surface area contributed by atoms with Gasteiger partial charge in [0.25, 0.3) is 5.91 Å². The number of carbonyl (C=O) groups is 2. The standard InChI is InChI=1S/C17H21N3O4/c1-23-9-7-18-12-16(21)20-14-5-2-4-13(10-14)17(22)19-11-15-6-3-8-24-15/h2-6,8,10,18H,7,9,11-12H2,1H3,(H,19,22)(H,20,21). The van der Waals surface area contributed by atoms with Gasteiger partial charge in [-0.05, 0) is 30.3 Å². The van der Waals surface area contributed by atoms with Gasteiger partial charge < -0.3 is 25.1 Å². The molecule has 0 bridgehead atoms. The lowest BCUT2D eigenvalue weighted by atomic mass is 10.2. The highest BCUT2D eigenvalue weighted by atomic mass is 16.5. The first kappa shape index (κ1) is 17.7. The van der Waals surface area contributed by atoms with Gasteiger partial charge in [-0.1, -0.05) is 6.07 Å². The quantitative estimate of drug-likeness (QED) is 0.604. The van der Waals surface area contributed by atoms with E-state index in [1.165, 1.54) is 0 Å². The Morgan fingerprint density at radius 3 is 2.83 bits per heavy atom. The summed E-state index contributed by atoms with van der Waals surface area (Å²) in [6.07, 6.45) is 1.55. The molecule has 3 N–H and O–H groups in total. The van der Waals surface area contributed by atoms with Gasteiger partial charge in [0.05, 0.1) is 26.0 Å². The number of rotatable bonds is 9. The Balaban J connectivity index is 1.83. The molecule has 7 heteroatoms. The van der Waals surface area contributed by atoms with E-state index >= 15 is 0 Å². The van der Waals surface area contributed by atoms with Crippen LogP contribution in [0.25, 0.3) is 0 Å². The molecule has 7 nitrogen and oxygen atoms in total. The number of hydrogen-bond donors (Lipinski definition) is 3. The molecule has 0 radical (unpaired) electrons. The van der Waals surface area contributed by atoms with Crippen molar-refractivity contribution in [3.63, 3.8) is 0 Å². The van der Waals surface area contributed by atoms with Crippen molar-refractivity contribution in [2.75, 3.05) is 32.1 Å². The summed E-state index contributed by atoms with van der Waals surface area (Å²) in [6.45, 7) is 1.63. The van der Waals surface area contributed by atoms with Gasteiger partial charge >= 0.3 is 0 Å². The lowest BCUT2D eigenvalue weighted by molar-refractivity contribution is -0.115. The van der Waals surface area contributed by atoms with Gasteiger partial charge in [0.1, 0.15) is 5.76 Å². The van der Waals surface area contributed by atoms with Gasteiger partial charge in [0, 0.05) is 24.9 Å². The van der Waals surface area contributed by atoms with E-state index in [4.69, 9.17) is 9.15 Å². The molecule has 0 aliphatic heterocycles. The molecular weight excluding hydrogens is 310 g/mol. The maximum Gasteiger partial charge on any atom is 0.251 e. The molecule has 1 aromatic carbocycles. The predicted octanol–water partition coefficient (Wildman–Crippen LogP) is 1.38. The Bertz CT molecular complexity index is 656. The van der Waals surface area contributed by atoms with Crippen molar-refractivity contribution < 1.29 is 18.7 Å². The number of carbonyl (C=O) groups excluding carboxylic acids is 2. The lowest BCUT2D eigenvalue weighted by Gasteiger charge is -2.08. The molecule has 2 rings (SSSR count). The van der Waals surface area contributed by atoms with E-state index in [1.807, 2.05) is 0 Å². The Hall–Kier alpha value is -2.64. The first-order valence-corrected chi connectivity index (χ1v) is 7.59. The average molecular weight is 331 g/mol. The summed E-state index contributed by atoms with van der Waals surface area (Å²) in [7, 11) is 1.60. The summed E-state index contributed by atoms with van der Waals surface area (Å²) < 4.78 is 10.1. The third kappa shape index (κ3) is 5.86. The van der Waals surface area contributed by atoms with Gasteiger partial charge in [-0.25, -0.2) is 0 Å². The zero-order valence-corrected chi connectivity index (χ0v) is 13.5. The zero-order valence-electron chi connectivity index (χ0n) is 13.5. The van der Waals surface area contributed by atoms with E-state index in [1.54, 1.807) is 49.8 Å². The number of benzene rings is 1. The molecule has 128 valence electrons. The molecule has 0 unspecified atom stereocenters. The van der Waals surface area contributed by atoms with Crippen LogP contribution < -0.4 is 16.0 Å². The second-order valence-corrected chi connectivity index (χ2v) is 5.06. The number of nitrogens with one attached hydrogen (secondary N) is 3. The van der Waals surface area contributed by atoms with Crippen molar-refractivity contribution >= 4 is 17.5 Å². The SMILES string of the molecule is COCCNCC(=O)Nc1cccc(C(=O)NCc2ccco2)c1. The Kier molecular flexibility index (Phi) is 7.00. The number of hydrogen-bond acceptors (Lipinski definition) is 5. The minimum atomic E-state index is -0.235. The Labute approximate surface area is 140 Å². The van der Waals surface area contributed by atoms with Gasteiger partial charge in [0.2, 0.25) is 5.91 Å². The van der Waals surface area contributed by atoms with Gasteiger partial charge in [-0.15, -0.1) is 0 Å². The molecule has 0 spiro atoms. The molecule has 0 saturated heterocycles. The Morgan fingerprint density at radius 2 is 2.08 bits per heavy atom. The number of furan rings is 1. The van der Waals surface area contributed by atoms with Crippen molar-refractivity contribution in [1.29, 1.82) is 0 Å². The van der Waals surface area contributed by atoms with Crippen LogP contribution in [0.4, 0.5) is 5.69 Å². The molecule has 1 aromatic heterocycles. The normalized spacial score (nSPS) is 10.4.